The van der Waals surface area contributed by atoms with Crippen LogP contribution in [0.25, 0.3) is 0 Å². The highest BCUT2D eigenvalue weighted by Crippen LogP contribution is 2.21. The van der Waals surface area contributed by atoms with Crippen LogP contribution in [0.1, 0.15) is 22.3 Å². The minimum Gasteiger partial charge on any atom is -0.489 e. The van der Waals surface area contributed by atoms with Crippen molar-refractivity contribution < 1.29 is 4.74 Å². The van der Waals surface area contributed by atoms with Gasteiger partial charge in [-0.3, -0.25) is 0 Å². The van der Waals surface area contributed by atoms with Crippen molar-refractivity contribution in [3.8, 4) is 11.8 Å². The van der Waals surface area contributed by atoms with Gasteiger partial charge in [-0.15, -0.1) is 0 Å². The molecule has 0 saturated carbocycles. The Hall–Kier alpha value is -2.31. The number of rotatable bonds is 5. The molecule has 0 amide bonds. The lowest BCUT2D eigenvalue weighted by atomic mass is 10.1. The van der Waals surface area contributed by atoms with E-state index in [-0.39, 0.29) is 0 Å². The van der Waals surface area contributed by atoms with Gasteiger partial charge in [-0.05, 0) is 49.2 Å². The molecule has 0 radical (unpaired) electrons. The zero-order chi connectivity index (χ0) is 14.4. The quantitative estimate of drug-likeness (QED) is 0.905. The molecule has 3 nitrogen and oxygen atoms in total. The van der Waals surface area contributed by atoms with E-state index < -0.39 is 0 Å². The van der Waals surface area contributed by atoms with Crippen LogP contribution in [0.3, 0.4) is 0 Å². The summed E-state index contributed by atoms with van der Waals surface area (Å²) in [6.07, 6.45) is 0.801. The molecule has 3 heteroatoms. The summed E-state index contributed by atoms with van der Waals surface area (Å²) in [7, 11) is 0. The molecule has 0 unspecified atom stereocenters. The second kappa shape index (κ2) is 6.74. The average Bonchev–Trinajstić information content (AvgIpc) is 2.47. The summed E-state index contributed by atoms with van der Waals surface area (Å²) in [5, 5.41) is 8.89. The molecule has 102 valence electrons. The molecule has 0 atom stereocenters. The highest BCUT2D eigenvalue weighted by Gasteiger charge is 2.04. The molecule has 0 aromatic heterocycles. The lowest BCUT2D eigenvalue weighted by Crippen LogP contribution is -2.06. The van der Waals surface area contributed by atoms with Crippen LogP contribution in [0.15, 0.2) is 42.5 Å². The SMILES string of the molecule is Cc1ccc(OCc2cccc(C#N)c2)c(CCN)c1. The molecular weight excluding hydrogens is 248 g/mol. The number of ether oxygens (including phenoxy) is 1. The first kappa shape index (κ1) is 14.1. The van der Waals surface area contributed by atoms with E-state index in [0.29, 0.717) is 18.7 Å². The summed E-state index contributed by atoms with van der Waals surface area (Å²) >= 11 is 0. The maximum atomic E-state index is 8.89. The van der Waals surface area contributed by atoms with E-state index in [9.17, 15) is 0 Å². The lowest BCUT2D eigenvalue weighted by molar-refractivity contribution is 0.303. The van der Waals surface area contributed by atoms with Gasteiger partial charge in [0.05, 0.1) is 11.6 Å². The summed E-state index contributed by atoms with van der Waals surface area (Å²) in [4.78, 5) is 0. The summed E-state index contributed by atoms with van der Waals surface area (Å²) in [6, 6.07) is 15.7. The van der Waals surface area contributed by atoms with Gasteiger partial charge in [0.15, 0.2) is 0 Å². The average molecular weight is 266 g/mol. The van der Waals surface area contributed by atoms with E-state index >= 15 is 0 Å². The Morgan fingerprint density at radius 3 is 2.80 bits per heavy atom. The molecule has 2 N–H and O–H groups in total. The van der Waals surface area contributed by atoms with E-state index in [1.165, 1.54) is 5.56 Å². The largest absolute Gasteiger partial charge is 0.489 e. The fourth-order valence-corrected chi connectivity index (χ4v) is 2.09. The van der Waals surface area contributed by atoms with Crippen LogP contribution in [0, 0.1) is 18.3 Å². The minimum absolute atomic E-state index is 0.455. The number of hydrogen-bond donors (Lipinski definition) is 1. The Balaban J connectivity index is 2.12. The van der Waals surface area contributed by atoms with Gasteiger partial charge in [-0.1, -0.05) is 29.8 Å². The molecule has 0 aliphatic rings. The molecule has 0 saturated heterocycles. The predicted octanol–water partition coefficient (Wildman–Crippen LogP) is 2.95. The van der Waals surface area contributed by atoms with Gasteiger partial charge in [-0.2, -0.15) is 5.26 Å². The van der Waals surface area contributed by atoms with Crippen LogP contribution < -0.4 is 10.5 Å². The van der Waals surface area contributed by atoms with Gasteiger partial charge in [0.2, 0.25) is 0 Å². The highest BCUT2D eigenvalue weighted by atomic mass is 16.5. The first-order chi connectivity index (χ1) is 9.72. The van der Waals surface area contributed by atoms with Gasteiger partial charge in [0.25, 0.3) is 0 Å². The van der Waals surface area contributed by atoms with Crippen LogP contribution in [0.5, 0.6) is 5.75 Å². The van der Waals surface area contributed by atoms with Gasteiger partial charge in [-0.25, -0.2) is 0 Å². The smallest absolute Gasteiger partial charge is 0.123 e. The van der Waals surface area contributed by atoms with E-state index in [4.69, 9.17) is 15.7 Å². The van der Waals surface area contributed by atoms with Crippen molar-refractivity contribution in [2.45, 2.75) is 20.0 Å². The Morgan fingerprint density at radius 2 is 2.05 bits per heavy atom. The number of hydrogen-bond acceptors (Lipinski definition) is 3. The fourth-order valence-electron chi connectivity index (χ4n) is 2.09. The third-order valence-electron chi connectivity index (χ3n) is 3.08. The molecule has 0 aliphatic carbocycles. The van der Waals surface area contributed by atoms with Crippen molar-refractivity contribution >= 4 is 0 Å². The molecule has 2 rings (SSSR count). The minimum atomic E-state index is 0.455. The Labute approximate surface area is 119 Å². The van der Waals surface area contributed by atoms with Crippen LogP contribution in [0.4, 0.5) is 0 Å². The Kier molecular flexibility index (Phi) is 4.75. The zero-order valence-electron chi connectivity index (χ0n) is 11.6. The highest BCUT2D eigenvalue weighted by molar-refractivity contribution is 5.38. The van der Waals surface area contributed by atoms with Gasteiger partial charge >= 0.3 is 0 Å². The van der Waals surface area contributed by atoms with Crippen molar-refractivity contribution in [3.63, 3.8) is 0 Å². The molecule has 20 heavy (non-hydrogen) atoms. The van der Waals surface area contributed by atoms with Crippen molar-refractivity contribution in [3.05, 3.63) is 64.7 Å². The Bertz CT molecular complexity index is 629. The number of aryl methyl sites for hydroxylation is 1. The topological polar surface area (TPSA) is 59.0 Å². The normalized spacial score (nSPS) is 10.1. The molecule has 0 spiro atoms. The predicted molar refractivity (Wildman–Crippen MR) is 79.4 cm³/mol. The maximum Gasteiger partial charge on any atom is 0.123 e. The van der Waals surface area contributed by atoms with Crippen LogP contribution >= 0.6 is 0 Å². The van der Waals surface area contributed by atoms with E-state index in [1.807, 2.05) is 30.3 Å². The first-order valence-electron chi connectivity index (χ1n) is 6.64. The van der Waals surface area contributed by atoms with Gasteiger partial charge in [0.1, 0.15) is 12.4 Å². The second-order valence-corrected chi connectivity index (χ2v) is 4.75. The Morgan fingerprint density at radius 1 is 1.20 bits per heavy atom. The monoisotopic (exact) mass is 266 g/mol. The summed E-state index contributed by atoms with van der Waals surface area (Å²) in [6.45, 7) is 3.11. The molecular formula is C17H18N2O. The van der Waals surface area contributed by atoms with Crippen molar-refractivity contribution in [1.82, 2.24) is 0 Å². The number of nitriles is 1. The van der Waals surface area contributed by atoms with E-state index in [0.717, 1.165) is 23.3 Å². The molecule has 2 aromatic rings. The van der Waals surface area contributed by atoms with Crippen LogP contribution in [0.2, 0.25) is 0 Å². The van der Waals surface area contributed by atoms with Crippen LogP contribution in [-0.2, 0) is 13.0 Å². The van der Waals surface area contributed by atoms with Crippen molar-refractivity contribution in [1.29, 1.82) is 5.26 Å². The molecule has 0 aliphatic heterocycles. The van der Waals surface area contributed by atoms with E-state index in [2.05, 4.69) is 19.1 Å². The van der Waals surface area contributed by atoms with E-state index in [1.54, 1.807) is 6.07 Å². The summed E-state index contributed by atoms with van der Waals surface area (Å²) in [5.41, 5.74) is 9.60. The maximum absolute atomic E-state index is 8.89. The fraction of sp³-hybridized carbons (Fsp3) is 0.235. The standard InChI is InChI=1S/C17H18N2O/c1-13-5-6-17(16(9-13)7-8-18)20-12-15-4-2-3-14(10-15)11-19/h2-6,9-10H,7-8,12,18H2,1H3. The summed E-state index contributed by atoms with van der Waals surface area (Å²) in [5.74, 6) is 0.864. The molecule has 0 bridgehead atoms. The van der Waals surface area contributed by atoms with Crippen LogP contribution in [-0.4, -0.2) is 6.54 Å². The van der Waals surface area contributed by atoms with Gasteiger partial charge in [0, 0.05) is 0 Å². The number of benzene rings is 2. The third-order valence-corrected chi connectivity index (χ3v) is 3.08. The summed E-state index contributed by atoms with van der Waals surface area (Å²) < 4.78 is 5.87. The van der Waals surface area contributed by atoms with Gasteiger partial charge < -0.3 is 10.5 Å². The van der Waals surface area contributed by atoms with Crippen molar-refractivity contribution in [2.75, 3.05) is 6.54 Å². The van der Waals surface area contributed by atoms with Crippen molar-refractivity contribution in [2.24, 2.45) is 5.73 Å². The zero-order valence-corrected chi connectivity index (χ0v) is 11.6. The number of nitrogens with zero attached hydrogens (tertiary/aromatic N) is 1. The third kappa shape index (κ3) is 3.59. The molecule has 2 aromatic carbocycles. The molecule has 0 fully saturated rings. The first-order valence-corrected chi connectivity index (χ1v) is 6.64. The lowest BCUT2D eigenvalue weighted by Gasteiger charge is -2.12. The molecule has 0 heterocycles. The number of nitrogens with two attached hydrogens (primary N) is 1. The second-order valence-electron chi connectivity index (χ2n) is 4.75.